The van der Waals surface area contributed by atoms with Gasteiger partial charge < -0.3 is 18.8 Å². The van der Waals surface area contributed by atoms with Crippen molar-refractivity contribution in [2.75, 3.05) is 26.9 Å². The highest BCUT2D eigenvalue weighted by Crippen LogP contribution is 2.35. The first-order valence-corrected chi connectivity index (χ1v) is 13.8. The number of carbonyl (C=O) groups excluding carboxylic acids is 2. The van der Waals surface area contributed by atoms with Crippen LogP contribution < -0.4 is 14.3 Å². The average molecular weight is 532 g/mol. The molecule has 2 aliphatic rings. The van der Waals surface area contributed by atoms with E-state index in [1.165, 1.54) is 39.9 Å². The van der Waals surface area contributed by atoms with Crippen molar-refractivity contribution in [2.45, 2.75) is 37.2 Å². The first-order valence-electron chi connectivity index (χ1n) is 11.5. The monoisotopic (exact) mass is 531 g/mol. The first-order chi connectivity index (χ1) is 17.3. The Morgan fingerprint density at radius 2 is 1.81 bits per heavy atom. The van der Waals surface area contributed by atoms with Gasteiger partial charge in [-0.05, 0) is 44.0 Å². The van der Waals surface area contributed by atoms with Crippen molar-refractivity contribution in [3.63, 3.8) is 0 Å². The lowest BCUT2D eigenvalue weighted by Gasteiger charge is -2.18. The molecule has 1 amide bonds. The van der Waals surface area contributed by atoms with Crippen LogP contribution in [0.25, 0.3) is 10.2 Å². The molecule has 0 radical (unpaired) electrons. The Balaban J connectivity index is 1.50. The fourth-order valence-corrected chi connectivity index (χ4v) is 6.36. The van der Waals surface area contributed by atoms with Gasteiger partial charge in [0.05, 0.1) is 21.7 Å². The Morgan fingerprint density at radius 3 is 2.44 bits per heavy atom. The summed E-state index contributed by atoms with van der Waals surface area (Å²) in [6.07, 6.45) is 1.71. The zero-order chi connectivity index (χ0) is 25.4. The van der Waals surface area contributed by atoms with Gasteiger partial charge in [-0.3, -0.25) is 9.59 Å². The number of hydrogen-bond acceptors (Lipinski definition) is 8. The molecule has 1 aromatic heterocycles. The average Bonchev–Trinajstić information content (AvgIpc) is 3.67. The minimum atomic E-state index is -3.61. The van der Waals surface area contributed by atoms with Crippen LogP contribution >= 0.6 is 11.3 Å². The summed E-state index contributed by atoms with van der Waals surface area (Å²) in [4.78, 5) is 30.0. The van der Waals surface area contributed by atoms with Crippen LogP contribution in [0.4, 0.5) is 0 Å². The molecule has 10 nitrogen and oxygen atoms in total. The second-order valence-electron chi connectivity index (χ2n) is 8.43. The summed E-state index contributed by atoms with van der Waals surface area (Å²) in [5.41, 5.74) is 0.891. The molecule has 1 fully saturated rings. The van der Waals surface area contributed by atoms with E-state index in [-0.39, 0.29) is 29.7 Å². The van der Waals surface area contributed by atoms with Gasteiger partial charge in [0, 0.05) is 30.8 Å². The van der Waals surface area contributed by atoms with Gasteiger partial charge in [-0.2, -0.15) is 9.30 Å². The van der Waals surface area contributed by atoms with E-state index < -0.39 is 21.9 Å². The zero-order valence-electron chi connectivity index (χ0n) is 19.8. The summed E-state index contributed by atoms with van der Waals surface area (Å²) in [6, 6.07) is 9.32. The van der Waals surface area contributed by atoms with Crippen molar-refractivity contribution in [3.05, 3.63) is 46.8 Å². The van der Waals surface area contributed by atoms with E-state index in [9.17, 15) is 18.0 Å². The lowest BCUT2D eigenvalue weighted by atomic mass is 10.2. The van der Waals surface area contributed by atoms with Gasteiger partial charge in [-0.25, -0.2) is 8.42 Å². The molecule has 0 spiro atoms. The molecule has 2 aromatic carbocycles. The molecule has 36 heavy (non-hydrogen) atoms. The number of rotatable bonds is 7. The largest absolute Gasteiger partial charge is 0.486 e. The summed E-state index contributed by atoms with van der Waals surface area (Å²) in [7, 11) is -2.05. The molecular weight excluding hydrogens is 506 g/mol. The Morgan fingerprint density at radius 1 is 1.14 bits per heavy atom. The molecule has 190 valence electrons. The van der Waals surface area contributed by atoms with Crippen molar-refractivity contribution in [3.8, 4) is 11.5 Å². The Hall–Kier alpha value is -3.22. The number of carbonyl (C=O) groups is 2. The van der Waals surface area contributed by atoms with E-state index in [4.69, 9.17) is 14.2 Å². The van der Waals surface area contributed by atoms with Gasteiger partial charge in [0.15, 0.2) is 16.3 Å². The maximum atomic E-state index is 13.0. The molecule has 2 heterocycles. The van der Waals surface area contributed by atoms with Crippen molar-refractivity contribution < 1.29 is 32.2 Å². The van der Waals surface area contributed by atoms with Crippen molar-refractivity contribution in [2.24, 2.45) is 4.99 Å². The third kappa shape index (κ3) is 4.75. The number of benzene rings is 2. The summed E-state index contributed by atoms with van der Waals surface area (Å²) < 4.78 is 45.7. The third-order valence-corrected chi connectivity index (χ3v) is 8.94. The standard InChI is InChI=1S/C24H25N3O7S2/c1-3-32-22(28)14-27-18-12-19-20(34-11-10-33-19)13-21(18)35-24(27)25-23(29)15-4-8-17(9-5-15)36(30,31)26(2)16-6-7-16/h4-5,8-9,12-13,16H,3,6-7,10-11,14H2,1-2H3. The van der Waals surface area contributed by atoms with E-state index in [0.717, 1.165) is 17.5 Å². The molecule has 3 aromatic rings. The highest BCUT2D eigenvalue weighted by molar-refractivity contribution is 7.89. The van der Waals surface area contributed by atoms with Crippen molar-refractivity contribution in [1.82, 2.24) is 8.87 Å². The Bertz CT molecular complexity index is 1500. The smallest absolute Gasteiger partial charge is 0.326 e. The number of fused-ring (bicyclic) bond motifs is 2. The number of ether oxygens (including phenoxy) is 3. The molecule has 1 aliphatic carbocycles. The number of nitrogens with zero attached hydrogens (tertiary/aromatic N) is 3. The summed E-state index contributed by atoms with van der Waals surface area (Å²) in [5.74, 6) is 0.116. The van der Waals surface area contributed by atoms with Gasteiger partial charge >= 0.3 is 5.97 Å². The summed E-state index contributed by atoms with van der Waals surface area (Å²) >= 11 is 1.23. The first kappa shape index (κ1) is 24.5. The number of amides is 1. The molecular formula is C24H25N3O7S2. The van der Waals surface area contributed by atoms with E-state index in [2.05, 4.69) is 4.99 Å². The topological polar surface area (TPSA) is 117 Å². The van der Waals surface area contributed by atoms with Crippen LogP contribution in [0, 0.1) is 0 Å². The number of hydrogen-bond donors (Lipinski definition) is 0. The molecule has 12 heteroatoms. The fourth-order valence-electron chi connectivity index (χ4n) is 3.90. The SMILES string of the molecule is CCOC(=O)Cn1c(=NC(=O)c2ccc(S(=O)(=O)N(C)C3CC3)cc2)sc2cc3c(cc21)OCCO3. The van der Waals surface area contributed by atoms with Crippen LogP contribution in [0.3, 0.4) is 0 Å². The molecule has 1 saturated carbocycles. The Labute approximate surface area is 211 Å². The number of esters is 1. The molecule has 5 rings (SSSR count). The van der Waals surface area contributed by atoms with Gasteiger partial charge in [0.1, 0.15) is 19.8 Å². The zero-order valence-corrected chi connectivity index (χ0v) is 21.4. The quantitative estimate of drug-likeness (QED) is 0.430. The number of thiazole rings is 1. The van der Waals surface area contributed by atoms with Crippen LogP contribution in [-0.4, -0.2) is 62.1 Å². The second-order valence-corrected chi connectivity index (χ2v) is 11.4. The highest BCUT2D eigenvalue weighted by Gasteiger charge is 2.35. The fraction of sp³-hybridized carbons (Fsp3) is 0.375. The molecule has 0 unspecified atom stereocenters. The summed E-state index contributed by atoms with van der Waals surface area (Å²) in [6.45, 7) is 2.66. The third-order valence-electron chi connectivity index (χ3n) is 5.98. The van der Waals surface area contributed by atoms with Crippen LogP contribution in [0.5, 0.6) is 11.5 Å². The van der Waals surface area contributed by atoms with Gasteiger partial charge in [-0.15, -0.1) is 0 Å². The van der Waals surface area contributed by atoms with Crippen LogP contribution in [0.1, 0.15) is 30.1 Å². The van der Waals surface area contributed by atoms with E-state index >= 15 is 0 Å². The van der Waals surface area contributed by atoms with Gasteiger partial charge in [-0.1, -0.05) is 11.3 Å². The second kappa shape index (κ2) is 9.68. The predicted molar refractivity (Wildman–Crippen MR) is 132 cm³/mol. The summed E-state index contributed by atoms with van der Waals surface area (Å²) in [5, 5.41) is 0. The molecule has 0 N–H and O–H groups in total. The van der Waals surface area contributed by atoms with Crippen LogP contribution in [0.2, 0.25) is 0 Å². The Kier molecular flexibility index (Phi) is 6.58. The van der Waals surface area contributed by atoms with E-state index in [0.29, 0.717) is 35.0 Å². The van der Waals surface area contributed by atoms with Gasteiger partial charge in [0.25, 0.3) is 5.91 Å². The normalized spacial score (nSPS) is 15.9. The highest BCUT2D eigenvalue weighted by atomic mass is 32.2. The molecule has 0 bridgehead atoms. The molecule has 0 atom stereocenters. The molecule has 0 saturated heterocycles. The van der Waals surface area contributed by atoms with E-state index in [1.54, 1.807) is 30.7 Å². The van der Waals surface area contributed by atoms with Crippen LogP contribution in [0.15, 0.2) is 46.3 Å². The lowest BCUT2D eigenvalue weighted by Crippen LogP contribution is -2.28. The number of aromatic nitrogens is 1. The predicted octanol–water partition coefficient (Wildman–Crippen LogP) is 2.56. The number of sulfonamides is 1. The van der Waals surface area contributed by atoms with Gasteiger partial charge in [0.2, 0.25) is 10.0 Å². The maximum absolute atomic E-state index is 13.0. The lowest BCUT2D eigenvalue weighted by molar-refractivity contribution is -0.143. The molecule has 1 aliphatic heterocycles. The minimum absolute atomic E-state index is 0.0376. The van der Waals surface area contributed by atoms with Crippen LogP contribution in [-0.2, 0) is 26.1 Å². The van der Waals surface area contributed by atoms with E-state index in [1.807, 2.05) is 0 Å². The maximum Gasteiger partial charge on any atom is 0.326 e. The van der Waals surface area contributed by atoms with Crippen molar-refractivity contribution in [1.29, 1.82) is 0 Å². The van der Waals surface area contributed by atoms with Crippen molar-refractivity contribution >= 4 is 43.5 Å². The minimum Gasteiger partial charge on any atom is -0.486 e.